The fraction of sp³-hybridized carbons (Fsp3) is 1.00. The Morgan fingerprint density at radius 2 is 1.56 bits per heavy atom. The molecule has 2 nitrogen and oxygen atoms in total. The van der Waals surface area contributed by atoms with Gasteiger partial charge < -0.3 is 4.90 Å². The van der Waals surface area contributed by atoms with Gasteiger partial charge in [-0.1, -0.05) is 26.7 Å². The molecule has 2 bridgehead atoms. The van der Waals surface area contributed by atoms with Crippen molar-refractivity contribution in [3.05, 3.63) is 0 Å². The van der Waals surface area contributed by atoms with Crippen LogP contribution in [0.2, 0.25) is 0 Å². The maximum atomic E-state index is 2.79. The van der Waals surface area contributed by atoms with Crippen LogP contribution in [0, 0.1) is 0 Å². The van der Waals surface area contributed by atoms with Gasteiger partial charge >= 0.3 is 0 Å². The molecule has 2 aliphatic rings. The Hall–Kier alpha value is -0.0800. The van der Waals surface area contributed by atoms with Gasteiger partial charge in [-0.25, -0.2) is 0 Å². The molecule has 0 radical (unpaired) electrons. The van der Waals surface area contributed by atoms with E-state index in [2.05, 4.69) is 23.6 Å². The van der Waals surface area contributed by atoms with Crippen LogP contribution in [0.1, 0.15) is 52.4 Å². The Morgan fingerprint density at radius 1 is 0.875 bits per heavy atom. The molecule has 0 amide bonds. The molecule has 2 heteroatoms. The third-order valence-electron chi connectivity index (χ3n) is 4.27. The van der Waals surface area contributed by atoms with Crippen LogP contribution in [-0.2, 0) is 0 Å². The van der Waals surface area contributed by atoms with Crippen LogP contribution in [0.15, 0.2) is 0 Å². The maximum absolute atomic E-state index is 2.79. The Kier molecular flexibility index (Phi) is 4.66. The molecule has 0 aliphatic carbocycles. The summed E-state index contributed by atoms with van der Waals surface area (Å²) in [5.41, 5.74) is 0. The highest BCUT2D eigenvalue weighted by atomic mass is 15.3. The van der Waals surface area contributed by atoms with Gasteiger partial charge in [-0.15, -0.1) is 0 Å². The molecule has 2 saturated heterocycles. The number of fused-ring (bicyclic) bond motifs is 2. The largest absolute Gasteiger partial charge is 0.300 e. The quantitative estimate of drug-likeness (QED) is 0.640. The highest BCUT2D eigenvalue weighted by molar-refractivity contribution is 4.95. The van der Waals surface area contributed by atoms with Crippen LogP contribution in [0.3, 0.4) is 0 Å². The van der Waals surface area contributed by atoms with Crippen molar-refractivity contribution in [3.63, 3.8) is 0 Å². The number of hydrogen-bond acceptors (Lipinski definition) is 2. The van der Waals surface area contributed by atoms with Crippen molar-refractivity contribution in [2.24, 2.45) is 0 Å². The lowest BCUT2D eigenvalue weighted by atomic mass is 10.1. The zero-order chi connectivity index (χ0) is 11.4. The summed E-state index contributed by atoms with van der Waals surface area (Å²) in [6.07, 6.45) is 8.39. The van der Waals surface area contributed by atoms with Gasteiger partial charge in [-0.05, 0) is 38.8 Å². The van der Waals surface area contributed by atoms with Crippen LogP contribution in [0.4, 0.5) is 0 Å². The van der Waals surface area contributed by atoms with E-state index in [4.69, 9.17) is 0 Å². The van der Waals surface area contributed by atoms with Gasteiger partial charge in [0, 0.05) is 25.2 Å². The summed E-state index contributed by atoms with van der Waals surface area (Å²) in [6, 6.07) is 1.78. The van der Waals surface area contributed by atoms with E-state index >= 15 is 0 Å². The van der Waals surface area contributed by atoms with Gasteiger partial charge in [-0.2, -0.15) is 0 Å². The molecule has 2 heterocycles. The Morgan fingerprint density at radius 3 is 2.12 bits per heavy atom. The second-order valence-corrected chi connectivity index (χ2v) is 5.59. The Bertz CT molecular complexity index is 191. The highest BCUT2D eigenvalue weighted by Crippen LogP contribution is 2.30. The minimum Gasteiger partial charge on any atom is -0.300 e. The molecule has 0 aromatic carbocycles. The number of piperazine rings is 1. The van der Waals surface area contributed by atoms with E-state index in [9.17, 15) is 0 Å². The second kappa shape index (κ2) is 6.02. The molecule has 0 N–H and O–H groups in total. The number of likely N-dealkylation sites (tertiary alicyclic amines) is 1. The first kappa shape index (κ1) is 12.4. The zero-order valence-corrected chi connectivity index (χ0v) is 11.1. The first-order valence-corrected chi connectivity index (χ1v) is 7.33. The number of nitrogens with zero attached hydrogens (tertiary/aromatic N) is 2. The molecule has 16 heavy (non-hydrogen) atoms. The van der Waals surface area contributed by atoms with Crippen molar-refractivity contribution in [1.29, 1.82) is 0 Å². The SMILES string of the molecule is CCCCCN1C[C@H]2CC[C@@H](C1)N2CCC. The lowest BCUT2D eigenvalue weighted by Crippen LogP contribution is -2.53. The molecule has 0 saturated carbocycles. The molecule has 0 aromatic heterocycles. The molecule has 2 rings (SSSR count). The predicted molar refractivity (Wildman–Crippen MR) is 69.8 cm³/mol. The first-order chi connectivity index (χ1) is 7.85. The molecule has 2 atom stereocenters. The number of hydrogen-bond donors (Lipinski definition) is 0. The monoisotopic (exact) mass is 224 g/mol. The van der Waals surface area contributed by atoms with Crippen molar-refractivity contribution in [1.82, 2.24) is 9.80 Å². The smallest absolute Gasteiger partial charge is 0.0227 e. The maximum Gasteiger partial charge on any atom is 0.0227 e. The van der Waals surface area contributed by atoms with Crippen LogP contribution >= 0.6 is 0 Å². The molecule has 0 spiro atoms. The minimum atomic E-state index is 0.889. The lowest BCUT2D eigenvalue weighted by Gasteiger charge is -2.41. The molecular formula is C14H28N2. The van der Waals surface area contributed by atoms with E-state index < -0.39 is 0 Å². The van der Waals surface area contributed by atoms with Crippen LogP contribution in [0.5, 0.6) is 0 Å². The van der Waals surface area contributed by atoms with Crippen molar-refractivity contribution >= 4 is 0 Å². The predicted octanol–water partition coefficient (Wildman–Crippen LogP) is 2.74. The van der Waals surface area contributed by atoms with Crippen molar-refractivity contribution in [3.8, 4) is 0 Å². The van der Waals surface area contributed by atoms with E-state index in [1.807, 2.05) is 0 Å². The normalized spacial score (nSPS) is 31.1. The summed E-state index contributed by atoms with van der Waals surface area (Å²) in [7, 11) is 0. The third kappa shape index (κ3) is 2.78. The van der Waals surface area contributed by atoms with Crippen LogP contribution in [-0.4, -0.2) is 48.1 Å². The second-order valence-electron chi connectivity index (χ2n) is 5.59. The minimum absolute atomic E-state index is 0.889. The number of unbranched alkanes of at least 4 members (excludes halogenated alkanes) is 2. The fourth-order valence-corrected chi connectivity index (χ4v) is 3.47. The summed E-state index contributed by atoms with van der Waals surface area (Å²) in [5.74, 6) is 0. The van der Waals surface area contributed by atoms with Gasteiger partial charge in [0.2, 0.25) is 0 Å². The van der Waals surface area contributed by atoms with E-state index in [-0.39, 0.29) is 0 Å². The van der Waals surface area contributed by atoms with Crippen molar-refractivity contribution in [2.75, 3.05) is 26.2 Å². The van der Waals surface area contributed by atoms with Crippen LogP contribution < -0.4 is 0 Å². The number of rotatable bonds is 6. The summed E-state index contributed by atoms with van der Waals surface area (Å²) in [5, 5.41) is 0. The topological polar surface area (TPSA) is 6.48 Å². The average molecular weight is 224 g/mol. The summed E-state index contributed by atoms with van der Waals surface area (Å²) >= 11 is 0. The first-order valence-electron chi connectivity index (χ1n) is 7.33. The average Bonchev–Trinajstić information content (AvgIpc) is 2.53. The van der Waals surface area contributed by atoms with Gasteiger partial charge in [0.05, 0.1) is 0 Å². The molecule has 0 unspecified atom stereocenters. The Balaban J connectivity index is 1.78. The van der Waals surface area contributed by atoms with Crippen molar-refractivity contribution in [2.45, 2.75) is 64.5 Å². The summed E-state index contributed by atoms with van der Waals surface area (Å²) in [6.45, 7) is 9.98. The van der Waals surface area contributed by atoms with Crippen LogP contribution in [0.25, 0.3) is 0 Å². The fourth-order valence-electron chi connectivity index (χ4n) is 3.47. The van der Waals surface area contributed by atoms with E-state index in [0.717, 1.165) is 12.1 Å². The molecule has 0 aromatic rings. The molecule has 2 fully saturated rings. The lowest BCUT2D eigenvalue weighted by molar-refractivity contribution is 0.0661. The molecule has 2 aliphatic heterocycles. The van der Waals surface area contributed by atoms with Crippen molar-refractivity contribution < 1.29 is 0 Å². The Labute approximate surface area is 101 Å². The third-order valence-corrected chi connectivity index (χ3v) is 4.27. The van der Waals surface area contributed by atoms with E-state index in [1.165, 1.54) is 64.7 Å². The van der Waals surface area contributed by atoms with Gasteiger partial charge in [0.1, 0.15) is 0 Å². The van der Waals surface area contributed by atoms with Gasteiger partial charge in [0.15, 0.2) is 0 Å². The summed E-state index contributed by atoms with van der Waals surface area (Å²) < 4.78 is 0. The van der Waals surface area contributed by atoms with Gasteiger partial charge in [-0.3, -0.25) is 4.90 Å². The van der Waals surface area contributed by atoms with E-state index in [0.29, 0.717) is 0 Å². The standard InChI is InChI=1S/C14H28N2/c1-3-5-6-10-15-11-13-7-8-14(12-15)16(13)9-4-2/h13-14H,3-12H2,1-2H3/t13-,14+. The molecule has 94 valence electrons. The highest BCUT2D eigenvalue weighted by Gasteiger charge is 2.38. The van der Waals surface area contributed by atoms with E-state index in [1.54, 1.807) is 0 Å². The molecular weight excluding hydrogens is 196 g/mol. The van der Waals surface area contributed by atoms with Gasteiger partial charge in [0.25, 0.3) is 0 Å². The zero-order valence-electron chi connectivity index (χ0n) is 11.1. The summed E-state index contributed by atoms with van der Waals surface area (Å²) in [4.78, 5) is 5.51.